The number of fused-ring (bicyclic) bond motifs is 4. The molecule has 0 amide bonds. The van der Waals surface area contributed by atoms with Crippen LogP contribution in [0.25, 0.3) is 33.4 Å². The number of benzene rings is 12. The molecule has 11 aliphatic rings. The van der Waals surface area contributed by atoms with Crippen molar-refractivity contribution in [3.8, 4) is 33.4 Å². The molecule has 2 heterocycles. The second-order valence-corrected chi connectivity index (χ2v) is 26.2. The first-order valence-electron chi connectivity index (χ1n) is 29.5. The second kappa shape index (κ2) is 16.6. The Morgan fingerprint density at radius 1 is 0.217 bits per heavy atom. The van der Waals surface area contributed by atoms with Gasteiger partial charge in [0.15, 0.2) is 0 Å². The Morgan fingerprint density at radius 2 is 0.470 bits per heavy atom. The highest BCUT2D eigenvalue weighted by atomic mass is 79.9. The summed E-state index contributed by atoms with van der Waals surface area (Å²) in [6, 6.07) is 96.6. The van der Waals surface area contributed by atoms with Crippen molar-refractivity contribution in [2.75, 3.05) is 4.90 Å². The number of anilines is 3. The average molecular weight is 1180 g/mol. The molecular formula is C80H49Br2N. The van der Waals surface area contributed by atoms with E-state index < -0.39 is 0 Å². The van der Waals surface area contributed by atoms with E-state index in [2.05, 4.69) is 285 Å². The van der Waals surface area contributed by atoms with E-state index in [1.807, 2.05) is 0 Å². The summed E-state index contributed by atoms with van der Waals surface area (Å²) in [6.07, 6.45) is 0. The Kier molecular flexibility index (Phi) is 9.17. The van der Waals surface area contributed by atoms with Gasteiger partial charge in [-0.25, -0.2) is 0 Å². The molecule has 0 aromatic heterocycles. The molecule has 0 saturated heterocycles. The van der Waals surface area contributed by atoms with Crippen molar-refractivity contribution in [1.29, 1.82) is 0 Å². The lowest BCUT2D eigenvalue weighted by Crippen LogP contribution is -2.28. The highest BCUT2D eigenvalue weighted by Crippen LogP contribution is 2.65. The lowest BCUT2D eigenvalue weighted by atomic mass is 9.60. The monoisotopic (exact) mass is 1180 g/mol. The molecular weight excluding hydrogens is 1130 g/mol. The van der Waals surface area contributed by atoms with Crippen molar-refractivity contribution in [2.24, 2.45) is 0 Å². The predicted octanol–water partition coefficient (Wildman–Crippen LogP) is 20.7. The summed E-state index contributed by atoms with van der Waals surface area (Å²) >= 11 is 9.10. The van der Waals surface area contributed by atoms with Crippen LogP contribution < -0.4 is 4.90 Å². The van der Waals surface area contributed by atoms with Crippen molar-refractivity contribution < 1.29 is 0 Å². The van der Waals surface area contributed by atoms with Crippen LogP contribution in [0.5, 0.6) is 0 Å². The first-order valence-corrected chi connectivity index (χ1v) is 31.4. The highest BCUT2D eigenvalue weighted by Gasteiger charge is 2.47. The maximum Gasteiger partial charge on any atom is 0.0686 e. The van der Waals surface area contributed by atoms with Gasteiger partial charge in [-0.05, 0) is 192 Å². The molecule has 3 heteroatoms. The van der Waals surface area contributed by atoms with E-state index >= 15 is 0 Å². The van der Waals surface area contributed by atoms with Crippen LogP contribution in [-0.2, 0) is 0 Å². The first kappa shape index (κ1) is 45.9. The summed E-state index contributed by atoms with van der Waals surface area (Å²) in [5.74, 6) is 1.09. The van der Waals surface area contributed by atoms with Gasteiger partial charge < -0.3 is 4.90 Å². The van der Waals surface area contributed by atoms with Gasteiger partial charge in [0.25, 0.3) is 0 Å². The molecule has 23 rings (SSSR count). The van der Waals surface area contributed by atoms with Gasteiger partial charge in [-0.3, -0.25) is 0 Å². The molecule has 388 valence electrons. The van der Waals surface area contributed by atoms with E-state index in [0.29, 0.717) is 0 Å². The average Bonchev–Trinajstić information content (AvgIpc) is 3.33. The molecule has 12 aromatic rings. The van der Waals surface area contributed by atoms with Crippen LogP contribution in [0.2, 0.25) is 0 Å². The van der Waals surface area contributed by atoms with Crippen LogP contribution in [0.3, 0.4) is 0 Å². The molecule has 6 bridgehead atoms. The van der Waals surface area contributed by atoms with Crippen molar-refractivity contribution >= 4 is 48.9 Å². The minimum absolute atomic E-state index is 0.0742. The van der Waals surface area contributed by atoms with E-state index in [0.717, 1.165) is 0 Å². The van der Waals surface area contributed by atoms with Crippen LogP contribution in [0, 0.1) is 0 Å². The van der Waals surface area contributed by atoms with Gasteiger partial charge in [0, 0.05) is 35.5 Å². The van der Waals surface area contributed by atoms with Gasteiger partial charge >= 0.3 is 0 Å². The van der Waals surface area contributed by atoms with Gasteiger partial charge in [-0.15, -0.1) is 0 Å². The topological polar surface area (TPSA) is 3.24 Å². The van der Waals surface area contributed by atoms with Crippen LogP contribution in [-0.4, -0.2) is 0 Å². The third-order valence-corrected chi connectivity index (χ3v) is 22.9. The zero-order chi connectivity index (χ0) is 54.1. The zero-order valence-corrected chi connectivity index (χ0v) is 48.2. The number of halogens is 2. The number of alkyl halides is 2. The van der Waals surface area contributed by atoms with E-state index in [1.54, 1.807) is 0 Å². The maximum atomic E-state index is 4.55. The van der Waals surface area contributed by atoms with Crippen molar-refractivity contribution in [2.45, 2.75) is 45.2 Å². The van der Waals surface area contributed by atoms with Crippen molar-refractivity contribution in [1.82, 2.24) is 0 Å². The Balaban J connectivity index is 0.795. The summed E-state index contributed by atoms with van der Waals surface area (Å²) in [5, 5.41) is 0. The quantitative estimate of drug-likeness (QED) is 0.159. The molecule has 12 aromatic carbocycles. The standard InChI is InChI=1S/C80H49Br2N/c81-78-63-38-42(45-28-13-31-60-69-48-16-1-7-22-54(48)75(72(45)60)55-23-8-2-17-49(55)69)34-36-67(63)83-68-37-35-43(46-29-14-32-61-70-50-18-3-9-24-56(50)76(73(46)61)57-25-10-4-19-51(57)70)39-64(68)79(82)66-41-44(40-65(78)80(66)83)47-30-15-33-62-71-52-20-5-11-26-58(52)77(74(47)62)59-27-12-6-21-53(59)71/h1-41,69-71,75-79H. The van der Waals surface area contributed by atoms with Gasteiger partial charge in [-0.1, -0.05) is 244 Å². The molecule has 0 radical (unpaired) electrons. The Hall–Kier alpha value is -8.60. The molecule has 0 fully saturated rings. The molecule has 0 spiro atoms. The molecule has 0 saturated carbocycles. The fourth-order valence-electron chi connectivity index (χ4n) is 17.8. The number of hydrogen-bond acceptors (Lipinski definition) is 1. The molecule has 2 aliphatic heterocycles. The Labute approximate surface area is 499 Å². The molecule has 9 aliphatic carbocycles. The summed E-state index contributed by atoms with van der Waals surface area (Å²) in [5.41, 5.74) is 42.6. The number of hydrogen-bond donors (Lipinski definition) is 0. The zero-order valence-electron chi connectivity index (χ0n) is 45.0. The highest BCUT2D eigenvalue weighted by molar-refractivity contribution is 9.09. The number of rotatable bonds is 3. The summed E-state index contributed by atoms with van der Waals surface area (Å²) in [7, 11) is 0. The summed E-state index contributed by atoms with van der Waals surface area (Å²) < 4.78 is 0. The smallest absolute Gasteiger partial charge is 0.0686 e. The fraction of sp³-hybridized carbons (Fsp3) is 0.100. The third-order valence-electron chi connectivity index (χ3n) is 20.9. The van der Waals surface area contributed by atoms with Crippen LogP contribution in [0.15, 0.2) is 249 Å². The first-order chi connectivity index (χ1) is 41.1. The molecule has 1 nitrogen and oxygen atoms in total. The minimum atomic E-state index is -0.0742. The Bertz CT molecular complexity index is 4560. The Morgan fingerprint density at radius 3 is 0.771 bits per heavy atom. The number of nitrogens with zero attached hydrogens (tertiary/aromatic N) is 1. The van der Waals surface area contributed by atoms with Crippen LogP contribution in [0.4, 0.5) is 17.1 Å². The summed E-state index contributed by atoms with van der Waals surface area (Å²) in [4.78, 5) is 2.48. The van der Waals surface area contributed by atoms with Crippen molar-refractivity contribution in [3.63, 3.8) is 0 Å². The maximum absolute atomic E-state index is 4.55. The van der Waals surface area contributed by atoms with Crippen molar-refractivity contribution in [3.05, 3.63) is 371 Å². The predicted molar refractivity (Wildman–Crippen MR) is 343 cm³/mol. The molecule has 83 heavy (non-hydrogen) atoms. The normalized spacial score (nSPS) is 21.6. The van der Waals surface area contributed by atoms with E-state index in [-0.39, 0.29) is 45.2 Å². The minimum Gasteiger partial charge on any atom is -0.309 e. The second-order valence-electron chi connectivity index (χ2n) is 24.4. The SMILES string of the molecule is BrC1c2cc(-c3cccc4c3C3c5ccccc5C4c4ccccc43)ccc2N2c3ccc(-c4cccc5c4C4c6ccccc6C5c5ccccc54)cc3C(Br)c3cc(-c4cccc5c4C4c6ccccc6C5c5ccccc54)cc1c32. The van der Waals surface area contributed by atoms with E-state index in [9.17, 15) is 0 Å². The van der Waals surface area contributed by atoms with Crippen LogP contribution in [0.1, 0.15) is 168 Å². The van der Waals surface area contributed by atoms with Crippen LogP contribution >= 0.6 is 31.9 Å². The summed E-state index contributed by atoms with van der Waals surface area (Å²) in [6.45, 7) is 0. The molecule has 2 atom stereocenters. The van der Waals surface area contributed by atoms with E-state index in [1.165, 1.54) is 173 Å². The lowest BCUT2D eigenvalue weighted by molar-refractivity contribution is 0.756. The van der Waals surface area contributed by atoms with Gasteiger partial charge in [-0.2, -0.15) is 0 Å². The van der Waals surface area contributed by atoms with E-state index in [4.69, 9.17) is 0 Å². The third kappa shape index (κ3) is 5.83. The van der Waals surface area contributed by atoms with Gasteiger partial charge in [0.2, 0.25) is 0 Å². The van der Waals surface area contributed by atoms with Gasteiger partial charge in [0.05, 0.1) is 26.7 Å². The molecule has 2 unspecified atom stereocenters. The molecule has 0 N–H and O–H groups in total. The largest absolute Gasteiger partial charge is 0.309 e. The van der Waals surface area contributed by atoms with Gasteiger partial charge in [0.1, 0.15) is 0 Å². The lowest BCUT2D eigenvalue weighted by Gasteiger charge is -2.45. The fourth-order valence-corrected chi connectivity index (χ4v) is 19.3.